The normalized spacial score (nSPS) is 16.8. The van der Waals surface area contributed by atoms with Gasteiger partial charge in [-0.2, -0.15) is 0 Å². The molecule has 1 amide bonds. The van der Waals surface area contributed by atoms with Gasteiger partial charge in [-0.3, -0.25) is 9.69 Å². The third-order valence-corrected chi connectivity index (χ3v) is 7.32. The fourth-order valence-electron chi connectivity index (χ4n) is 4.64. The number of piperidine rings is 1. The summed E-state index contributed by atoms with van der Waals surface area (Å²) in [4.78, 5) is 16.6. The zero-order valence-electron chi connectivity index (χ0n) is 17.3. The van der Waals surface area contributed by atoms with Gasteiger partial charge in [0.2, 0.25) is 0 Å². The SMILES string of the molecule is Cc1cccc(CN2CCC(CNC(=O)c3noc4c3CCc3sccc3-4)CC2)c1. The minimum Gasteiger partial charge on any atom is -0.355 e. The van der Waals surface area contributed by atoms with Crippen LogP contribution in [0.1, 0.15) is 44.9 Å². The van der Waals surface area contributed by atoms with Crippen LogP contribution in [0.5, 0.6) is 0 Å². The zero-order valence-corrected chi connectivity index (χ0v) is 18.1. The van der Waals surface area contributed by atoms with Crippen LogP contribution in [0.25, 0.3) is 11.3 Å². The van der Waals surface area contributed by atoms with Gasteiger partial charge in [-0.25, -0.2) is 0 Å². The summed E-state index contributed by atoms with van der Waals surface area (Å²) in [6, 6.07) is 10.8. The Balaban J connectivity index is 1.13. The van der Waals surface area contributed by atoms with Crippen LogP contribution in [0.4, 0.5) is 0 Å². The smallest absolute Gasteiger partial charge is 0.273 e. The summed E-state index contributed by atoms with van der Waals surface area (Å²) in [5.41, 5.74) is 5.24. The molecule has 3 heterocycles. The Hall–Kier alpha value is -2.44. The summed E-state index contributed by atoms with van der Waals surface area (Å²) in [6.45, 7) is 6.02. The van der Waals surface area contributed by atoms with E-state index in [0.29, 0.717) is 18.2 Å². The molecule has 3 aromatic rings. The van der Waals surface area contributed by atoms with Crippen LogP contribution in [-0.4, -0.2) is 35.6 Å². The van der Waals surface area contributed by atoms with Crippen molar-refractivity contribution in [1.82, 2.24) is 15.4 Å². The minimum atomic E-state index is -0.0964. The highest BCUT2D eigenvalue weighted by atomic mass is 32.1. The predicted molar refractivity (Wildman–Crippen MR) is 119 cm³/mol. The molecule has 5 nitrogen and oxygen atoms in total. The molecule has 30 heavy (non-hydrogen) atoms. The van der Waals surface area contributed by atoms with Crippen molar-refractivity contribution in [3.05, 3.63) is 63.0 Å². The Morgan fingerprint density at radius 3 is 2.97 bits per heavy atom. The number of thiophene rings is 1. The second-order valence-electron chi connectivity index (χ2n) is 8.51. The van der Waals surface area contributed by atoms with Crippen molar-refractivity contribution >= 4 is 17.2 Å². The molecule has 0 spiro atoms. The van der Waals surface area contributed by atoms with Gasteiger partial charge in [-0.05, 0) is 68.6 Å². The van der Waals surface area contributed by atoms with Gasteiger partial charge < -0.3 is 9.84 Å². The lowest BCUT2D eigenvalue weighted by atomic mass is 9.94. The van der Waals surface area contributed by atoms with E-state index >= 15 is 0 Å². The molecular formula is C24H27N3O2S. The van der Waals surface area contributed by atoms with Crippen LogP contribution in [0, 0.1) is 12.8 Å². The number of amides is 1. The molecule has 0 unspecified atom stereocenters. The number of aromatic nitrogens is 1. The van der Waals surface area contributed by atoms with Crippen molar-refractivity contribution in [2.45, 2.75) is 39.2 Å². The number of carbonyl (C=O) groups excluding carboxylic acids is 1. The summed E-state index contributed by atoms with van der Waals surface area (Å²) in [7, 11) is 0. The van der Waals surface area contributed by atoms with Gasteiger partial charge >= 0.3 is 0 Å². The molecule has 1 N–H and O–H groups in total. The Kier molecular flexibility index (Phi) is 5.44. The minimum absolute atomic E-state index is 0.0964. The van der Waals surface area contributed by atoms with Crippen molar-refractivity contribution in [1.29, 1.82) is 0 Å². The third kappa shape index (κ3) is 3.94. The lowest BCUT2D eigenvalue weighted by molar-refractivity contribution is 0.0925. The van der Waals surface area contributed by atoms with Gasteiger partial charge in [-0.1, -0.05) is 35.0 Å². The molecule has 156 valence electrons. The molecule has 1 aliphatic carbocycles. The highest BCUT2D eigenvalue weighted by Gasteiger charge is 2.28. The van der Waals surface area contributed by atoms with Crippen LogP contribution >= 0.6 is 11.3 Å². The fourth-order valence-corrected chi connectivity index (χ4v) is 5.52. The number of carbonyl (C=O) groups is 1. The van der Waals surface area contributed by atoms with Gasteiger partial charge in [0.1, 0.15) is 0 Å². The molecule has 6 heteroatoms. The number of rotatable bonds is 5. The maximum Gasteiger partial charge on any atom is 0.273 e. The van der Waals surface area contributed by atoms with E-state index in [2.05, 4.69) is 58.0 Å². The van der Waals surface area contributed by atoms with E-state index in [9.17, 15) is 4.79 Å². The van der Waals surface area contributed by atoms with Gasteiger partial charge in [0.05, 0.1) is 0 Å². The molecule has 1 aliphatic heterocycles. The number of aryl methyl sites for hydroxylation is 2. The summed E-state index contributed by atoms with van der Waals surface area (Å²) < 4.78 is 5.55. The first-order valence-electron chi connectivity index (χ1n) is 10.8. The van der Waals surface area contributed by atoms with Crippen molar-refractivity contribution in [2.24, 2.45) is 5.92 Å². The first-order valence-corrected chi connectivity index (χ1v) is 11.7. The van der Waals surface area contributed by atoms with Crippen molar-refractivity contribution < 1.29 is 9.32 Å². The van der Waals surface area contributed by atoms with E-state index in [1.807, 2.05) is 0 Å². The van der Waals surface area contributed by atoms with E-state index in [1.54, 1.807) is 11.3 Å². The number of hydrogen-bond donors (Lipinski definition) is 1. The van der Waals surface area contributed by atoms with Crippen LogP contribution < -0.4 is 5.32 Å². The van der Waals surface area contributed by atoms with Gasteiger partial charge in [0.15, 0.2) is 11.5 Å². The molecule has 0 saturated carbocycles. The van der Waals surface area contributed by atoms with Crippen LogP contribution in [-0.2, 0) is 19.4 Å². The summed E-state index contributed by atoms with van der Waals surface area (Å²) >= 11 is 1.74. The quantitative estimate of drug-likeness (QED) is 0.661. The maximum atomic E-state index is 12.8. The average Bonchev–Trinajstić information content (AvgIpc) is 3.39. The molecule has 0 radical (unpaired) electrons. The van der Waals surface area contributed by atoms with Crippen LogP contribution in [0.3, 0.4) is 0 Å². The van der Waals surface area contributed by atoms with Gasteiger partial charge in [-0.15, -0.1) is 11.3 Å². The van der Waals surface area contributed by atoms with Gasteiger partial charge in [0.25, 0.3) is 5.91 Å². The molecular weight excluding hydrogens is 394 g/mol. The largest absolute Gasteiger partial charge is 0.355 e. The molecule has 1 saturated heterocycles. The topological polar surface area (TPSA) is 58.4 Å². The van der Waals surface area contributed by atoms with E-state index in [-0.39, 0.29) is 5.91 Å². The standard InChI is InChI=1S/C24H27N3O2S/c1-16-3-2-4-18(13-16)15-27-10-7-17(8-11-27)14-25-24(28)22-20-5-6-21-19(9-12-30-21)23(20)29-26-22/h2-4,9,12-13,17H,5-8,10-11,14-15H2,1H3,(H,25,28). The first kappa shape index (κ1) is 19.5. The predicted octanol–water partition coefficient (Wildman–Crippen LogP) is 4.45. The highest BCUT2D eigenvalue weighted by Crippen LogP contribution is 2.38. The maximum absolute atomic E-state index is 12.8. The van der Waals surface area contributed by atoms with Crippen molar-refractivity contribution in [3.8, 4) is 11.3 Å². The number of likely N-dealkylation sites (tertiary alicyclic amines) is 1. The summed E-state index contributed by atoms with van der Waals surface area (Å²) in [5.74, 6) is 1.21. The third-order valence-electron chi connectivity index (χ3n) is 6.34. The fraction of sp³-hybridized carbons (Fsp3) is 0.417. The zero-order chi connectivity index (χ0) is 20.5. The van der Waals surface area contributed by atoms with Gasteiger partial charge in [0, 0.05) is 29.1 Å². The van der Waals surface area contributed by atoms with Crippen molar-refractivity contribution in [2.75, 3.05) is 19.6 Å². The molecule has 0 atom stereocenters. The lowest BCUT2D eigenvalue weighted by Crippen LogP contribution is -2.38. The number of fused-ring (bicyclic) bond motifs is 3. The van der Waals surface area contributed by atoms with E-state index in [0.717, 1.165) is 62.2 Å². The number of hydrogen-bond acceptors (Lipinski definition) is 5. The Labute approximate surface area is 181 Å². The Morgan fingerprint density at radius 2 is 2.13 bits per heavy atom. The molecule has 0 bridgehead atoms. The van der Waals surface area contributed by atoms with E-state index in [4.69, 9.17) is 4.52 Å². The number of benzene rings is 1. The molecule has 1 fully saturated rings. The van der Waals surface area contributed by atoms with E-state index in [1.165, 1.54) is 16.0 Å². The molecule has 5 rings (SSSR count). The van der Waals surface area contributed by atoms with Crippen molar-refractivity contribution in [3.63, 3.8) is 0 Å². The molecule has 2 aromatic heterocycles. The van der Waals surface area contributed by atoms with E-state index < -0.39 is 0 Å². The molecule has 2 aliphatic rings. The Bertz CT molecular complexity index is 1050. The first-order chi connectivity index (χ1) is 14.7. The summed E-state index contributed by atoms with van der Waals surface area (Å²) in [5, 5.41) is 9.31. The summed E-state index contributed by atoms with van der Waals surface area (Å²) in [6.07, 6.45) is 4.01. The number of nitrogens with one attached hydrogen (secondary N) is 1. The van der Waals surface area contributed by atoms with Crippen LogP contribution in [0.15, 0.2) is 40.2 Å². The highest BCUT2D eigenvalue weighted by molar-refractivity contribution is 7.10. The number of nitrogens with zero attached hydrogens (tertiary/aromatic N) is 2. The lowest BCUT2D eigenvalue weighted by Gasteiger charge is -2.32. The Morgan fingerprint density at radius 1 is 1.27 bits per heavy atom. The second kappa shape index (κ2) is 8.36. The monoisotopic (exact) mass is 421 g/mol. The van der Waals surface area contributed by atoms with Crippen LogP contribution in [0.2, 0.25) is 0 Å². The average molecular weight is 422 g/mol. The second-order valence-corrected chi connectivity index (χ2v) is 9.52. The molecule has 1 aromatic carbocycles.